The minimum Gasteiger partial charge on any atom is -0.428 e. The third kappa shape index (κ3) is 1.26. The van der Waals surface area contributed by atoms with Gasteiger partial charge in [0.2, 0.25) is 6.29 Å². The quantitative estimate of drug-likeness (QED) is 0.709. The lowest BCUT2D eigenvalue weighted by Gasteiger charge is -2.08. The van der Waals surface area contributed by atoms with E-state index in [9.17, 15) is 4.79 Å². The Morgan fingerprint density at radius 1 is 1.54 bits per heavy atom. The largest absolute Gasteiger partial charge is 0.428 e. The van der Waals surface area contributed by atoms with E-state index in [4.69, 9.17) is 9.47 Å². The fourth-order valence-corrected chi connectivity index (χ4v) is 1.89. The molecule has 0 radical (unpaired) electrons. The molecule has 3 nitrogen and oxygen atoms in total. The standard InChI is InChI=1S/C9H7BrO3/c1-12-9-7-5(8(11)13-9)3-2-4-6(7)10/h2-4,9H,1H3. The van der Waals surface area contributed by atoms with Crippen molar-refractivity contribution in [3.63, 3.8) is 0 Å². The highest BCUT2D eigenvalue weighted by atomic mass is 79.9. The first-order chi connectivity index (χ1) is 6.24. The zero-order valence-corrected chi connectivity index (χ0v) is 8.50. The van der Waals surface area contributed by atoms with Crippen molar-refractivity contribution in [1.82, 2.24) is 0 Å². The molecule has 2 rings (SSSR count). The molecular formula is C9H7BrO3. The van der Waals surface area contributed by atoms with Gasteiger partial charge in [0.1, 0.15) is 0 Å². The fraction of sp³-hybridized carbons (Fsp3) is 0.222. The number of cyclic esters (lactones) is 1. The van der Waals surface area contributed by atoms with Crippen molar-refractivity contribution in [2.24, 2.45) is 0 Å². The number of halogens is 1. The van der Waals surface area contributed by atoms with E-state index in [0.717, 1.165) is 10.0 Å². The van der Waals surface area contributed by atoms with E-state index in [0.29, 0.717) is 5.56 Å². The van der Waals surface area contributed by atoms with Gasteiger partial charge in [-0.15, -0.1) is 0 Å². The van der Waals surface area contributed by atoms with Crippen LogP contribution in [0.1, 0.15) is 22.2 Å². The highest BCUT2D eigenvalue weighted by Gasteiger charge is 2.32. The van der Waals surface area contributed by atoms with Crippen LogP contribution in [0.4, 0.5) is 0 Å². The van der Waals surface area contributed by atoms with E-state index in [-0.39, 0.29) is 5.97 Å². The average molecular weight is 243 g/mol. The molecule has 0 N–H and O–H groups in total. The first kappa shape index (κ1) is 8.72. The minimum absolute atomic E-state index is 0.330. The Morgan fingerprint density at radius 2 is 2.31 bits per heavy atom. The number of carbonyl (C=O) groups excluding carboxylic acids is 1. The van der Waals surface area contributed by atoms with Crippen LogP contribution in [0, 0.1) is 0 Å². The molecule has 0 bridgehead atoms. The summed E-state index contributed by atoms with van der Waals surface area (Å²) in [6.07, 6.45) is -0.571. The molecule has 1 unspecified atom stereocenters. The molecule has 0 fully saturated rings. The highest BCUT2D eigenvalue weighted by molar-refractivity contribution is 9.10. The van der Waals surface area contributed by atoms with Crippen molar-refractivity contribution >= 4 is 21.9 Å². The van der Waals surface area contributed by atoms with E-state index < -0.39 is 6.29 Å². The summed E-state index contributed by atoms with van der Waals surface area (Å²) in [5, 5.41) is 0. The van der Waals surface area contributed by atoms with Crippen molar-refractivity contribution in [2.45, 2.75) is 6.29 Å². The summed E-state index contributed by atoms with van der Waals surface area (Å²) in [5.74, 6) is -0.330. The molecule has 0 saturated heterocycles. The predicted molar refractivity (Wildman–Crippen MR) is 49.3 cm³/mol. The van der Waals surface area contributed by atoms with E-state index in [1.54, 1.807) is 12.1 Å². The van der Waals surface area contributed by atoms with Gasteiger partial charge < -0.3 is 9.47 Å². The van der Waals surface area contributed by atoms with Gasteiger partial charge in [0.05, 0.1) is 5.56 Å². The van der Waals surface area contributed by atoms with Crippen LogP contribution in [0.3, 0.4) is 0 Å². The third-order valence-electron chi connectivity index (χ3n) is 1.94. The summed E-state index contributed by atoms with van der Waals surface area (Å²) in [5.41, 5.74) is 1.34. The number of carbonyl (C=O) groups is 1. The van der Waals surface area contributed by atoms with Crippen molar-refractivity contribution in [1.29, 1.82) is 0 Å². The van der Waals surface area contributed by atoms with Gasteiger partial charge in [-0.05, 0) is 12.1 Å². The van der Waals surface area contributed by atoms with E-state index in [1.807, 2.05) is 6.07 Å². The predicted octanol–water partition coefficient (Wildman–Crippen LogP) is 2.26. The molecule has 0 spiro atoms. The van der Waals surface area contributed by atoms with E-state index in [2.05, 4.69) is 15.9 Å². The maximum atomic E-state index is 11.3. The lowest BCUT2D eigenvalue weighted by atomic mass is 10.1. The molecular weight excluding hydrogens is 236 g/mol. The van der Waals surface area contributed by atoms with Gasteiger partial charge in [0.15, 0.2) is 0 Å². The topological polar surface area (TPSA) is 35.5 Å². The summed E-state index contributed by atoms with van der Waals surface area (Å²) in [6.45, 7) is 0. The normalized spacial score (nSPS) is 19.8. The molecule has 13 heavy (non-hydrogen) atoms. The van der Waals surface area contributed by atoms with Crippen LogP contribution in [0.15, 0.2) is 22.7 Å². The Bertz CT molecular complexity index is 362. The first-order valence-electron chi connectivity index (χ1n) is 3.76. The van der Waals surface area contributed by atoms with Crippen LogP contribution >= 0.6 is 15.9 Å². The number of ether oxygens (including phenoxy) is 2. The van der Waals surface area contributed by atoms with E-state index >= 15 is 0 Å². The van der Waals surface area contributed by atoms with Crippen LogP contribution in [0.25, 0.3) is 0 Å². The molecule has 68 valence electrons. The van der Waals surface area contributed by atoms with Crippen molar-refractivity contribution in [3.05, 3.63) is 33.8 Å². The number of methoxy groups -OCH3 is 1. The van der Waals surface area contributed by atoms with Gasteiger partial charge in [-0.3, -0.25) is 0 Å². The first-order valence-corrected chi connectivity index (χ1v) is 4.55. The van der Waals surface area contributed by atoms with Gasteiger partial charge in [0, 0.05) is 17.1 Å². The molecule has 4 heteroatoms. The van der Waals surface area contributed by atoms with Crippen molar-refractivity contribution in [3.8, 4) is 0 Å². The van der Waals surface area contributed by atoms with Crippen molar-refractivity contribution in [2.75, 3.05) is 7.11 Å². The Balaban J connectivity index is 2.58. The zero-order chi connectivity index (χ0) is 9.42. The number of hydrogen-bond acceptors (Lipinski definition) is 3. The number of fused-ring (bicyclic) bond motifs is 1. The van der Waals surface area contributed by atoms with Gasteiger partial charge in [-0.2, -0.15) is 0 Å². The molecule has 1 aliphatic rings. The zero-order valence-electron chi connectivity index (χ0n) is 6.91. The Labute approximate surface area is 83.8 Å². The second-order valence-electron chi connectivity index (χ2n) is 2.67. The van der Waals surface area contributed by atoms with Gasteiger partial charge in [0.25, 0.3) is 0 Å². The number of benzene rings is 1. The lowest BCUT2D eigenvalue weighted by molar-refractivity contribution is -0.0819. The molecule has 1 heterocycles. The molecule has 0 saturated carbocycles. The second-order valence-corrected chi connectivity index (χ2v) is 3.53. The van der Waals surface area contributed by atoms with E-state index in [1.165, 1.54) is 7.11 Å². The molecule has 0 aromatic heterocycles. The minimum atomic E-state index is -0.571. The maximum absolute atomic E-state index is 11.3. The Hall–Kier alpha value is -0.870. The molecule has 1 aliphatic heterocycles. The fourth-order valence-electron chi connectivity index (χ4n) is 1.34. The smallest absolute Gasteiger partial charge is 0.341 e. The van der Waals surface area contributed by atoms with Crippen LogP contribution in [0.5, 0.6) is 0 Å². The third-order valence-corrected chi connectivity index (χ3v) is 2.63. The van der Waals surface area contributed by atoms with Gasteiger partial charge in [-0.25, -0.2) is 4.79 Å². The molecule has 0 aliphatic carbocycles. The lowest BCUT2D eigenvalue weighted by Crippen LogP contribution is -2.00. The molecule has 1 aromatic rings. The summed E-state index contributed by atoms with van der Waals surface area (Å²) >= 11 is 3.34. The van der Waals surface area contributed by atoms with Crippen LogP contribution in [-0.4, -0.2) is 13.1 Å². The summed E-state index contributed by atoms with van der Waals surface area (Å²) in [4.78, 5) is 11.3. The Kier molecular flexibility index (Phi) is 2.09. The molecule has 1 aromatic carbocycles. The monoisotopic (exact) mass is 242 g/mol. The summed E-state index contributed by atoms with van der Waals surface area (Å²) in [6, 6.07) is 5.37. The molecule has 0 amide bonds. The van der Waals surface area contributed by atoms with Crippen LogP contribution < -0.4 is 0 Å². The van der Waals surface area contributed by atoms with Gasteiger partial charge in [-0.1, -0.05) is 22.0 Å². The Morgan fingerprint density at radius 3 is 3.00 bits per heavy atom. The number of esters is 1. The number of rotatable bonds is 1. The highest BCUT2D eigenvalue weighted by Crippen LogP contribution is 2.36. The van der Waals surface area contributed by atoms with Crippen LogP contribution in [0.2, 0.25) is 0 Å². The molecule has 1 atom stereocenters. The summed E-state index contributed by atoms with van der Waals surface area (Å²) in [7, 11) is 1.51. The number of hydrogen-bond donors (Lipinski definition) is 0. The van der Waals surface area contributed by atoms with Gasteiger partial charge >= 0.3 is 5.97 Å². The van der Waals surface area contributed by atoms with Crippen LogP contribution in [-0.2, 0) is 9.47 Å². The second kappa shape index (κ2) is 3.12. The SMILES string of the molecule is COC1OC(=O)c2cccc(Br)c21. The maximum Gasteiger partial charge on any atom is 0.341 e. The average Bonchev–Trinajstić information content (AvgIpc) is 2.45. The summed E-state index contributed by atoms with van der Waals surface area (Å²) < 4.78 is 10.8. The van der Waals surface area contributed by atoms with Crippen molar-refractivity contribution < 1.29 is 14.3 Å².